The number of halogens is 2. The average Bonchev–Trinajstić information content (AvgIpc) is 3.57. The highest BCUT2D eigenvalue weighted by atomic mass is 35.5. The predicted octanol–water partition coefficient (Wildman–Crippen LogP) is 5.84. The van der Waals surface area contributed by atoms with Crippen LogP contribution in [0.5, 0.6) is 5.75 Å². The van der Waals surface area contributed by atoms with Crippen LogP contribution in [0.15, 0.2) is 53.9 Å². The second-order valence-electron chi connectivity index (χ2n) is 8.60. The van der Waals surface area contributed by atoms with Gasteiger partial charge in [0.15, 0.2) is 0 Å². The standard InChI is InChI=1S/C26H24Cl2N2O3S/c1-33-19-7-2-16(3-8-19)26(32)30(18-5-6-18)15-24(31)29-12-10-23-21(11-13-34-23)25(29)20-9-4-17(27)14-22(20)28/h2-4,7-9,11,13-14,18,25H,5-6,10,12,15H2,1H3. The lowest BCUT2D eigenvalue weighted by Crippen LogP contribution is -2.47. The molecule has 2 heterocycles. The fraction of sp³-hybridized carbons (Fsp3) is 0.308. The molecule has 0 spiro atoms. The minimum absolute atomic E-state index is 0.0384. The van der Waals surface area contributed by atoms with Crippen molar-refractivity contribution >= 4 is 46.4 Å². The van der Waals surface area contributed by atoms with Crippen LogP contribution in [0.1, 0.15) is 45.2 Å². The third kappa shape index (κ3) is 4.54. The molecular formula is C26H24Cl2N2O3S. The number of thiophene rings is 1. The Morgan fingerprint density at radius 2 is 1.85 bits per heavy atom. The molecule has 1 aromatic heterocycles. The Balaban J connectivity index is 1.43. The van der Waals surface area contributed by atoms with Gasteiger partial charge < -0.3 is 14.5 Å². The van der Waals surface area contributed by atoms with Crippen LogP contribution >= 0.6 is 34.5 Å². The number of fused-ring (bicyclic) bond motifs is 1. The van der Waals surface area contributed by atoms with Crippen molar-refractivity contribution in [2.75, 3.05) is 20.2 Å². The number of carbonyl (C=O) groups excluding carboxylic acids is 2. The first-order valence-electron chi connectivity index (χ1n) is 11.2. The highest BCUT2D eigenvalue weighted by Crippen LogP contribution is 2.41. The van der Waals surface area contributed by atoms with E-state index in [-0.39, 0.29) is 30.4 Å². The third-order valence-corrected chi connectivity index (χ3v) is 7.99. The Morgan fingerprint density at radius 1 is 1.09 bits per heavy atom. The topological polar surface area (TPSA) is 49.9 Å². The average molecular weight is 515 g/mol. The maximum absolute atomic E-state index is 13.7. The Bertz CT molecular complexity index is 1220. The van der Waals surface area contributed by atoms with Crippen molar-refractivity contribution in [1.29, 1.82) is 0 Å². The number of carbonyl (C=O) groups is 2. The molecule has 34 heavy (non-hydrogen) atoms. The third-order valence-electron chi connectivity index (χ3n) is 6.43. The van der Waals surface area contributed by atoms with Gasteiger partial charge in [-0.2, -0.15) is 0 Å². The Kier molecular flexibility index (Phi) is 6.56. The first-order valence-corrected chi connectivity index (χ1v) is 12.9. The van der Waals surface area contributed by atoms with Crippen molar-refractivity contribution in [2.24, 2.45) is 0 Å². The molecule has 1 atom stereocenters. The van der Waals surface area contributed by atoms with E-state index in [1.54, 1.807) is 59.7 Å². The zero-order valence-corrected chi connectivity index (χ0v) is 21.0. The molecule has 8 heteroatoms. The maximum Gasteiger partial charge on any atom is 0.254 e. The van der Waals surface area contributed by atoms with Gasteiger partial charge in [0, 0.05) is 33.1 Å². The van der Waals surface area contributed by atoms with E-state index in [2.05, 4.69) is 11.4 Å². The lowest BCUT2D eigenvalue weighted by Gasteiger charge is -2.38. The Morgan fingerprint density at radius 3 is 2.53 bits per heavy atom. The summed E-state index contributed by atoms with van der Waals surface area (Å²) in [7, 11) is 1.59. The lowest BCUT2D eigenvalue weighted by atomic mass is 9.93. The van der Waals surface area contributed by atoms with Crippen molar-refractivity contribution in [3.05, 3.63) is 85.5 Å². The van der Waals surface area contributed by atoms with E-state index in [0.717, 1.165) is 30.4 Å². The van der Waals surface area contributed by atoms with Crippen LogP contribution in [0.4, 0.5) is 0 Å². The number of nitrogens with zero attached hydrogens (tertiary/aromatic N) is 2. The second-order valence-corrected chi connectivity index (χ2v) is 10.4. The van der Waals surface area contributed by atoms with E-state index < -0.39 is 0 Å². The van der Waals surface area contributed by atoms with Crippen LogP contribution in [-0.2, 0) is 11.2 Å². The van der Waals surface area contributed by atoms with Crippen LogP contribution in [0.2, 0.25) is 10.0 Å². The minimum Gasteiger partial charge on any atom is -0.497 e. The quantitative estimate of drug-likeness (QED) is 0.414. The van der Waals surface area contributed by atoms with E-state index in [4.69, 9.17) is 27.9 Å². The molecule has 2 aromatic carbocycles. The predicted molar refractivity (Wildman–Crippen MR) is 135 cm³/mol. The summed E-state index contributed by atoms with van der Waals surface area (Å²) < 4.78 is 5.20. The second kappa shape index (κ2) is 9.61. The van der Waals surface area contributed by atoms with Gasteiger partial charge in [0.1, 0.15) is 12.3 Å². The molecule has 176 valence electrons. The molecule has 3 aromatic rings. The fourth-order valence-electron chi connectivity index (χ4n) is 4.53. The Hall–Kier alpha value is -2.54. The van der Waals surface area contributed by atoms with Crippen LogP contribution in [0, 0.1) is 0 Å². The molecule has 0 radical (unpaired) electrons. The van der Waals surface area contributed by atoms with E-state index in [9.17, 15) is 9.59 Å². The van der Waals surface area contributed by atoms with E-state index in [1.807, 2.05) is 11.0 Å². The lowest BCUT2D eigenvalue weighted by molar-refractivity contribution is -0.134. The number of hydrogen-bond acceptors (Lipinski definition) is 4. The smallest absolute Gasteiger partial charge is 0.254 e. The zero-order valence-electron chi connectivity index (χ0n) is 18.7. The van der Waals surface area contributed by atoms with Gasteiger partial charge in [-0.05, 0) is 78.2 Å². The first kappa shape index (κ1) is 23.2. The summed E-state index contributed by atoms with van der Waals surface area (Å²) in [5, 5.41) is 3.14. The highest BCUT2D eigenvalue weighted by Gasteiger charge is 2.39. The van der Waals surface area contributed by atoms with Gasteiger partial charge in [-0.3, -0.25) is 9.59 Å². The summed E-state index contributed by atoms with van der Waals surface area (Å²) in [4.78, 5) is 31.9. The van der Waals surface area contributed by atoms with Gasteiger partial charge in [-0.15, -0.1) is 11.3 Å². The molecule has 1 fully saturated rings. The SMILES string of the molecule is COc1ccc(C(=O)N(CC(=O)N2CCc3sccc3C2c2ccc(Cl)cc2Cl)C2CC2)cc1. The molecule has 2 aliphatic rings. The van der Waals surface area contributed by atoms with E-state index >= 15 is 0 Å². The normalized spacial score (nSPS) is 17.3. The number of benzene rings is 2. The number of rotatable bonds is 6. The summed E-state index contributed by atoms with van der Waals surface area (Å²) in [5.74, 6) is 0.475. The monoisotopic (exact) mass is 514 g/mol. The molecule has 5 rings (SSSR count). The van der Waals surface area contributed by atoms with Crippen molar-refractivity contribution in [3.63, 3.8) is 0 Å². The van der Waals surface area contributed by atoms with Crippen molar-refractivity contribution in [3.8, 4) is 5.75 Å². The number of hydrogen-bond donors (Lipinski definition) is 0. The van der Waals surface area contributed by atoms with Gasteiger partial charge in [-0.1, -0.05) is 29.3 Å². The number of ether oxygens (including phenoxy) is 1. The van der Waals surface area contributed by atoms with Crippen molar-refractivity contribution in [2.45, 2.75) is 31.3 Å². The van der Waals surface area contributed by atoms with E-state index in [0.29, 0.717) is 27.9 Å². The maximum atomic E-state index is 13.7. The van der Waals surface area contributed by atoms with Crippen LogP contribution in [0.25, 0.3) is 0 Å². The van der Waals surface area contributed by atoms with Crippen molar-refractivity contribution < 1.29 is 14.3 Å². The Labute approximate surface area is 212 Å². The number of methoxy groups -OCH3 is 1. The van der Waals surface area contributed by atoms with Gasteiger partial charge in [0.25, 0.3) is 5.91 Å². The molecule has 1 saturated carbocycles. The van der Waals surface area contributed by atoms with Gasteiger partial charge in [-0.25, -0.2) is 0 Å². The fourth-order valence-corrected chi connectivity index (χ4v) is 5.95. The van der Waals surface area contributed by atoms with Crippen LogP contribution in [-0.4, -0.2) is 47.9 Å². The summed E-state index contributed by atoms with van der Waals surface area (Å²) >= 11 is 14.4. The first-order chi connectivity index (χ1) is 16.5. The highest BCUT2D eigenvalue weighted by molar-refractivity contribution is 7.10. The molecular weight excluding hydrogens is 491 g/mol. The van der Waals surface area contributed by atoms with Crippen LogP contribution in [0.3, 0.4) is 0 Å². The van der Waals surface area contributed by atoms with Gasteiger partial charge >= 0.3 is 0 Å². The molecule has 1 unspecified atom stereocenters. The van der Waals surface area contributed by atoms with Gasteiger partial charge in [0.05, 0.1) is 13.2 Å². The molecule has 2 amide bonds. The largest absolute Gasteiger partial charge is 0.497 e. The number of amides is 2. The summed E-state index contributed by atoms with van der Waals surface area (Å²) in [5.41, 5.74) is 2.49. The molecule has 5 nitrogen and oxygen atoms in total. The molecule has 0 N–H and O–H groups in total. The molecule has 1 aliphatic carbocycles. The molecule has 0 bridgehead atoms. The molecule has 0 saturated heterocycles. The van der Waals surface area contributed by atoms with Crippen LogP contribution < -0.4 is 4.74 Å². The zero-order chi connectivity index (χ0) is 23.8. The summed E-state index contributed by atoms with van der Waals surface area (Å²) in [6, 6.07) is 14.3. The van der Waals surface area contributed by atoms with Gasteiger partial charge in [0.2, 0.25) is 5.91 Å². The minimum atomic E-state index is -0.301. The molecule has 1 aliphatic heterocycles. The summed E-state index contributed by atoms with van der Waals surface area (Å²) in [6.07, 6.45) is 2.61. The summed E-state index contributed by atoms with van der Waals surface area (Å²) in [6.45, 7) is 0.613. The van der Waals surface area contributed by atoms with E-state index in [1.165, 1.54) is 4.88 Å². The van der Waals surface area contributed by atoms with Crippen molar-refractivity contribution in [1.82, 2.24) is 9.80 Å².